The first-order valence-corrected chi connectivity index (χ1v) is 6.79. The highest BCUT2D eigenvalue weighted by Crippen LogP contribution is 2.41. The van der Waals surface area contributed by atoms with Gasteiger partial charge in [-0.05, 0) is 12.1 Å². The number of phenols is 1. The van der Waals surface area contributed by atoms with Gasteiger partial charge in [0, 0.05) is 14.1 Å². The molecule has 0 aliphatic heterocycles. The van der Waals surface area contributed by atoms with E-state index in [1.165, 1.54) is 14.1 Å². The number of aromatic hydroxyl groups is 1. The molecule has 0 aromatic heterocycles. The molecule has 0 bridgehead atoms. The van der Waals surface area contributed by atoms with Gasteiger partial charge in [-0.15, -0.1) is 0 Å². The molecule has 0 atom stereocenters. The summed E-state index contributed by atoms with van der Waals surface area (Å²) in [5.41, 5.74) is -4.81. The third-order valence-electron chi connectivity index (χ3n) is 3.43. The largest absolute Gasteiger partial charge is 0.505 e. The highest BCUT2D eigenvalue weighted by molar-refractivity contribution is 6.00. The number of hydrogen-bond donors (Lipinski definition) is 2. The van der Waals surface area contributed by atoms with Crippen LogP contribution in [0.3, 0.4) is 0 Å². The Hall–Kier alpha value is -3.04. The lowest BCUT2D eigenvalue weighted by Gasteiger charge is -2.20. The molecule has 0 heterocycles. The molecule has 0 spiro atoms. The molecule has 2 N–H and O–H groups in total. The van der Waals surface area contributed by atoms with Gasteiger partial charge >= 0.3 is 6.18 Å². The zero-order chi connectivity index (χ0) is 19.1. The SMILES string of the molecule is COc1c(Nc2ccc(C(F)(F)F)c(C(=O)N(C)C)c2O)c(=O)c1=O. The summed E-state index contributed by atoms with van der Waals surface area (Å²) >= 11 is 0. The van der Waals surface area contributed by atoms with E-state index < -0.39 is 39.8 Å². The van der Waals surface area contributed by atoms with E-state index in [1.807, 2.05) is 0 Å². The summed E-state index contributed by atoms with van der Waals surface area (Å²) in [6.07, 6.45) is -4.88. The monoisotopic (exact) mass is 358 g/mol. The number of anilines is 2. The number of halogens is 3. The Bertz CT molecular complexity index is 911. The molecular weight excluding hydrogens is 345 g/mol. The second-order valence-electron chi connectivity index (χ2n) is 5.27. The fraction of sp³-hybridized carbons (Fsp3) is 0.267. The van der Waals surface area contributed by atoms with Crippen LogP contribution in [-0.2, 0) is 6.18 Å². The van der Waals surface area contributed by atoms with Gasteiger partial charge in [-0.25, -0.2) is 0 Å². The first-order valence-electron chi connectivity index (χ1n) is 6.79. The molecule has 0 fully saturated rings. The smallest absolute Gasteiger partial charge is 0.417 e. The summed E-state index contributed by atoms with van der Waals surface area (Å²) in [5, 5.41) is 12.5. The summed E-state index contributed by atoms with van der Waals surface area (Å²) in [7, 11) is 3.58. The van der Waals surface area contributed by atoms with Crippen LogP contribution in [0.4, 0.5) is 24.5 Å². The van der Waals surface area contributed by atoms with E-state index in [0.717, 1.165) is 18.1 Å². The lowest BCUT2D eigenvalue weighted by Crippen LogP contribution is -2.34. The van der Waals surface area contributed by atoms with E-state index in [9.17, 15) is 32.7 Å². The number of carbonyl (C=O) groups is 1. The van der Waals surface area contributed by atoms with Gasteiger partial charge in [0.25, 0.3) is 16.8 Å². The molecule has 2 rings (SSSR count). The summed E-state index contributed by atoms with van der Waals surface area (Å²) in [5.74, 6) is -2.39. The van der Waals surface area contributed by atoms with E-state index >= 15 is 0 Å². The number of alkyl halides is 3. The first kappa shape index (κ1) is 18.3. The molecular formula is C15H13F3N2O5. The Morgan fingerprint density at radius 2 is 1.80 bits per heavy atom. The molecule has 0 saturated heterocycles. The van der Waals surface area contributed by atoms with Crippen LogP contribution in [0.25, 0.3) is 0 Å². The zero-order valence-electron chi connectivity index (χ0n) is 13.3. The average Bonchev–Trinajstić information content (AvgIpc) is 2.53. The van der Waals surface area contributed by atoms with Crippen molar-refractivity contribution in [3.63, 3.8) is 0 Å². The van der Waals surface area contributed by atoms with Crippen molar-refractivity contribution < 1.29 is 27.8 Å². The topological polar surface area (TPSA) is 95.9 Å². The molecule has 0 unspecified atom stereocenters. The molecule has 7 nitrogen and oxygen atoms in total. The number of nitrogens with zero attached hydrogens (tertiary/aromatic N) is 1. The van der Waals surface area contributed by atoms with E-state index in [1.54, 1.807) is 0 Å². The number of amides is 1. The molecule has 0 saturated carbocycles. The normalized spacial score (nSPS) is 11.4. The Balaban J connectivity index is 2.61. The highest BCUT2D eigenvalue weighted by Gasteiger charge is 2.38. The van der Waals surface area contributed by atoms with Gasteiger partial charge in [0.1, 0.15) is 5.69 Å². The maximum Gasteiger partial charge on any atom is 0.417 e. The van der Waals surface area contributed by atoms with Crippen LogP contribution in [-0.4, -0.2) is 37.1 Å². The third-order valence-corrected chi connectivity index (χ3v) is 3.43. The molecule has 2 aromatic carbocycles. The van der Waals surface area contributed by atoms with E-state index in [0.29, 0.717) is 6.07 Å². The van der Waals surface area contributed by atoms with Gasteiger partial charge < -0.3 is 20.1 Å². The zero-order valence-corrected chi connectivity index (χ0v) is 13.3. The minimum absolute atomic E-state index is 0.314. The lowest BCUT2D eigenvalue weighted by molar-refractivity contribution is -0.138. The number of methoxy groups -OCH3 is 1. The quantitative estimate of drug-likeness (QED) is 0.635. The molecule has 2 aromatic rings. The van der Waals surface area contributed by atoms with Crippen molar-refractivity contribution in [3.05, 3.63) is 43.7 Å². The first-order chi connectivity index (χ1) is 11.5. The van der Waals surface area contributed by atoms with Crippen LogP contribution in [0.1, 0.15) is 15.9 Å². The Morgan fingerprint density at radius 3 is 2.28 bits per heavy atom. The van der Waals surface area contributed by atoms with Crippen LogP contribution in [0.15, 0.2) is 21.7 Å². The van der Waals surface area contributed by atoms with Crippen molar-refractivity contribution in [2.24, 2.45) is 0 Å². The Labute approximate surface area is 138 Å². The second-order valence-corrected chi connectivity index (χ2v) is 5.27. The van der Waals surface area contributed by atoms with E-state index in [4.69, 9.17) is 4.74 Å². The van der Waals surface area contributed by atoms with Gasteiger partial charge in [0.05, 0.1) is 23.9 Å². The summed E-state index contributed by atoms with van der Waals surface area (Å²) in [6, 6.07) is 1.44. The number of nitrogens with one attached hydrogen (secondary N) is 1. The molecule has 25 heavy (non-hydrogen) atoms. The van der Waals surface area contributed by atoms with Crippen molar-refractivity contribution in [2.45, 2.75) is 6.18 Å². The number of hydrogen-bond acceptors (Lipinski definition) is 6. The molecule has 0 aliphatic rings. The maximum absolute atomic E-state index is 13.1. The summed E-state index contributed by atoms with van der Waals surface area (Å²) in [6.45, 7) is 0. The maximum atomic E-state index is 13.1. The fourth-order valence-corrected chi connectivity index (χ4v) is 2.18. The van der Waals surface area contributed by atoms with Crippen molar-refractivity contribution >= 4 is 17.3 Å². The average molecular weight is 358 g/mol. The van der Waals surface area contributed by atoms with Crippen LogP contribution in [0.2, 0.25) is 0 Å². The fourth-order valence-electron chi connectivity index (χ4n) is 2.18. The number of rotatable bonds is 4. The Morgan fingerprint density at radius 1 is 1.20 bits per heavy atom. The minimum Gasteiger partial charge on any atom is -0.505 e. The second kappa shape index (κ2) is 6.11. The van der Waals surface area contributed by atoms with Gasteiger partial charge in [0.15, 0.2) is 11.5 Å². The van der Waals surface area contributed by atoms with Gasteiger partial charge in [-0.1, -0.05) is 0 Å². The number of carbonyl (C=O) groups excluding carboxylic acids is 1. The molecule has 10 heteroatoms. The number of phenolic OH excluding ortho intramolecular Hbond substituents is 1. The van der Waals surface area contributed by atoms with Crippen molar-refractivity contribution in [1.29, 1.82) is 0 Å². The van der Waals surface area contributed by atoms with Gasteiger partial charge in [0.2, 0.25) is 0 Å². The molecule has 0 radical (unpaired) electrons. The van der Waals surface area contributed by atoms with Crippen LogP contribution in [0, 0.1) is 0 Å². The Kier molecular flexibility index (Phi) is 4.47. The molecule has 1 amide bonds. The minimum atomic E-state index is -4.88. The number of ether oxygens (including phenoxy) is 1. The number of benzene rings is 1. The van der Waals surface area contributed by atoms with Crippen LogP contribution >= 0.6 is 0 Å². The van der Waals surface area contributed by atoms with Crippen molar-refractivity contribution in [2.75, 3.05) is 26.5 Å². The summed E-state index contributed by atoms with van der Waals surface area (Å²) < 4.78 is 44.1. The van der Waals surface area contributed by atoms with Crippen LogP contribution in [0.5, 0.6) is 11.5 Å². The standard InChI is InChI=1S/C15H13F3N2O5/c1-20(2)14(24)8-6(15(16,17)18)4-5-7(10(8)21)19-9-11(22)12(23)13(9)25-3/h4-5,19,21H,1-3H3. The van der Waals surface area contributed by atoms with Crippen LogP contribution < -0.4 is 20.9 Å². The molecule has 134 valence electrons. The van der Waals surface area contributed by atoms with Gasteiger partial charge in [-0.2, -0.15) is 13.2 Å². The third kappa shape index (κ3) is 3.02. The van der Waals surface area contributed by atoms with E-state index in [2.05, 4.69) is 5.32 Å². The van der Waals surface area contributed by atoms with E-state index in [-0.39, 0.29) is 17.1 Å². The summed E-state index contributed by atoms with van der Waals surface area (Å²) in [4.78, 5) is 35.7. The predicted octanol–water partition coefficient (Wildman–Crippen LogP) is 1.46. The predicted molar refractivity (Wildman–Crippen MR) is 82.3 cm³/mol. The molecule has 0 aliphatic carbocycles. The van der Waals surface area contributed by atoms with Gasteiger partial charge in [-0.3, -0.25) is 14.4 Å². The van der Waals surface area contributed by atoms with Crippen molar-refractivity contribution in [3.8, 4) is 11.5 Å². The van der Waals surface area contributed by atoms with Crippen molar-refractivity contribution in [1.82, 2.24) is 4.90 Å². The highest BCUT2D eigenvalue weighted by atomic mass is 19.4. The lowest BCUT2D eigenvalue weighted by atomic mass is 10.0.